The fraction of sp³-hybridized carbons (Fsp3) is 0.424. The number of anilines is 4. The summed E-state index contributed by atoms with van der Waals surface area (Å²) < 4.78 is 99.5. The van der Waals surface area contributed by atoms with E-state index in [2.05, 4.69) is 91.0 Å². The van der Waals surface area contributed by atoms with Gasteiger partial charge in [0.2, 0.25) is 11.8 Å². The van der Waals surface area contributed by atoms with Crippen molar-refractivity contribution in [1.29, 1.82) is 0 Å². The van der Waals surface area contributed by atoms with Crippen LogP contribution < -0.4 is 30.1 Å². The van der Waals surface area contributed by atoms with Gasteiger partial charge in [-0.2, -0.15) is 44.1 Å². The molecule has 1 fully saturated rings. The van der Waals surface area contributed by atoms with Crippen LogP contribution >= 0.6 is 0 Å². The monoisotopic (exact) mass is 1200 g/mol. The van der Waals surface area contributed by atoms with Crippen LogP contribution in [0.25, 0.3) is 12.2 Å². The first kappa shape index (κ1) is 65.9. The number of pyridine rings is 1. The van der Waals surface area contributed by atoms with Gasteiger partial charge in [-0.3, -0.25) is 24.2 Å². The second-order valence-corrected chi connectivity index (χ2v) is 20.7. The van der Waals surface area contributed by atoms with E-state index in [9.17, 15) is 53.9 Å². The smallest absolute Gasteiger partial charge is 0.490 e. The Morgan fingerprint density at radius 1 is 0.765 bits per heavy atom. The Labute approximate surface area is 483 Å². The van der Waals surface area contributed by atoms with Crippen LogP contribution in [0.3, 0.4) is 0 Å². The number of para-hydroxylation sites is 3. The lowest BCUT2D eigenvalue weighted by Crippen LogP contribution is -2.45. The lowest BCUT2D eigenvalue weighted by molar-refractivity contribution is -0.706. The van der Waals surface area contributed by atoms with E-state index in [1.165, 1.54) is 84.5 Å². The molecule has 0 radical (unpaired) electrons. The Balaban J connectivity index is 0.000000470. The molecule has 5 aromatic rings. The van der Waals surface area contributed by atoms with E-state index in [0.29, 0.717) is 54.5 Å². The number of likely N-dealkylation sites (tertiary alicyclic amines) is 1. The number of benzene rings is 3. The molecular formula is C59H65F9N8O9. The highest BCUT2D eigenvalue weighted by Crippen LogP contribution is 2.39. The van der Waals surface area contributed by atoms with Gasteiger partial charge in [0.1, 0.15) is 5.97 Å². The number of hydrogen-bond donors (Lipinski definition) is 4. The number of rotatable bonds is 15. The fourth-order valence-corrected chi connectivity index (χ4v) is 10.5. The molecule has 0 bridgehead atoms. The minimum atomic E-state index is -5.19. The summed E-state index contributed by atoms with van der Waals surface area (Å²) in [7, 11) is 0. The Morgan fingerprint density at radius 3 is 1.87 bits per heavy atom. The number of carboxylic acid groups (broad SMARTS) is 3. The number of fused-ring (bicyclic) bond motifs is 2. The van der Waals surface area contributed by atoms with Crippen LogP contribution in [0.1, 0.15) is 101 Å². The first-order valence-corrected chi connectivity index (χ1v) is 27.4. The zero-order valence-electron chi connectivity index (χ0n) is 46.6. The lowest BCUT2D eigenvalue weighted by atomic mass is 9.90. The summed E-state index contributed by atoms with van der Waals surface area (Å²) in [5.74, 6) is -8.04. The van der Waals surface area contributed by atoms with Gasteiger partial charge < -0.3 is 40.2 Å². The summed E-state index contributed by atoms with van der Waals surface area (Å²) in [5.41, 5.74) is 12.8. The summed E-state index contributed by atoms with van der Waals surface area (Å²) in [6, 6.07) is 24.1. The highest BCUT2D eigenvalue weighted by Gasteiger charge is 2.39. The number of unbranched alkanes of at least 4 members (excludes halogenated alkanes) is 1. The Kier molecular flexibility index (Phi) is 22.8. The summed E-state index contributed by atoms with van der Waals surface area (Å²) in [6.07, 6.45) is 4.61. The number of carbonyl (C=O) groups is 6. The second-order valence-electron chi connectivity index (χ2n) is 20.7. The molecule has 4 aliphatic heterocycles. The van der Waals surface area contributed by atoms with E-state index in [4.69, 9.17) is 29.7 Å². The number of aryl methyl sites for hydroxylation is 6. The highest BCUT2D eigenvalue weighted by molar-refractivity contribution is 6.18. The molecule has 3 amide bonds. The van der Waals surface area contributed by atoms with Crippen LogP contribution in [0.2, 0.25) is 0 Å². The van der Waals surface area contributed by atoms with E-state index < -0.39 is 36.4 Å². The molecular weight excluding hydrogens is 1140 g/mol. The van der Waals surface area contributed by atoms with E-state index in [1.54, 1.807) is 11.0 Å². The molecule has 0 aliphatic carbocycles. The maximum Gasteiger partial charge on any atom is 0.490 e. The molecule has 4 N–H and O–H groups in total. The average molecular weight is 1200 g/mol. The lowest BCUT2D eigenvalue weighted by Gasteiger charge is -2.37. The van der Waals surface area contributed by atoms with Gasteiger partial charge in [-0.15, -0.1) is 0 Å². The number of alkyl halides is 9. The fourth-order valence-electron chi connectivity index (χ4n) is 10.5. The Hall–Kier alpha value is -8.29. The number of aliphatic carboxylic acids is 3. The Morgan fingerprint density at radius 2 is 1.31 bits per heavy atom. The van der Waals surface area contributed by atoms with Crippen molar-refractivity contribution in [3.8, 4) is 0 Å². The molecule has 0 unspecified atom stereocenters. The first-order valence-electron chi connectivity index (χ1n) is 27.4. The predicted octanol–water partition coefficient (Wildman–Crippen LogP) is 8.78. The van der Waals surface area contributed by atoms with Gasteiger partial charge >= 0.3 is 30.5 Å². The standard InChI is InChI=1S/C53H62N8O3.3C2HF3O2/c1-38-31-41(18-19-42-33-43-12-9-26-59-27-10-13-44(34-42)52(43)59)32-39(2)60(38)30-24-54-50(62)21-20-45-35-58(37-55-45)25-8-7-11-40-22-28-57(29-23-40)36-51(63)61-48-16-5-3-14-46(48)53(64)56-47-15-4-6-17-49(47)61;3*3-2(4,5)1(6)7/h3-6,14-19,31-35,37,40H,7-13,20-30,36H2,1-2H3,(H-,54,56,62,64);3*(H,6,7). The van der Waals surface area contributed by atoms with Crippen molar-refractivity contribution in [1.82, 2.24) is 19.8 Å². The van der Waals surface area contributed by atoms with Crippen LogP contribution in [0.15, 0.2) is 85.3 Å². The van der Waals surface area contributed by atoms with Crippen molar-refractivity contribution < 1.29 is 88.2 Å². The summed E-state index contributed by atoms with van der Waals surface area (Å²) >= 11 is 0. The van der Waals surface area contributed by atoms with Crippen LogP contribution in [0, 0.1) is 19.8 Å². The molecule has 0 spiro atoms. The molecule has 26 heteroatoms. The van der Waals surface area contributed by atoms with Crippen molar-refractivity contribution in [3.63, 3.8) is 0 Å². The van der Waals surface area contributed by atoms with Crippen molar-refractivity contribution >= 4 is 70.5 Å². The van der Waals surface area contributed by atoms with E-state index in [0.717, 1.165) is 57.6 Å². The van der Waals surface area contributed by atoms with Crippen LogP contribution in [0.5, 0.6) is 0 Å². The van der Waals surface area contributed by atoms with E-state index >= 15 is 0 Å². The second kappa shape index (κ2) is 29.5. The zero-order valence-corrected chi connectivity index (χ0v) is 46.6. The first-order chi connectivity index (χ1) is 40.1. The van der Waals surface area contributed by atoms with Crippen molar-refractivity contribution in [3.05, 3.63) is 130 Å². The molecule has 458 valence electrons. The summed E-state index contributed by atoms with van der Waals surface area (Å²) in [5, 5.41) is 29.1. The number of piperidine rings is 1. The number of hydrogen-bond acceptors (Lipinski definition) is 10. The molecule has 4 aliphatic rings. The molecule has 3 aromatic carbocycles. The van der Waals surface area contributed by atoms with E-state index in [-0.39, 0.29) is 17.7 Å². The number of carboxylic acids is 3. The van der Waals surface area contributed by atoms with Gasteiger partial charge in [0.15, 0.2) is 17.9 Å². The van der Waals surface area contributed by atoms with Gasteiger partial charge in [-0.05, 0) is 129 Å². The molecule has 0 atom stereocenters. The third kappa shape index (κ3) is 19.4. The third-order valence-corrected chi connectivity index (χ3v) is 14.5. The SMILES string of the molecule is Cc1cc(/C=C/c2cc3c4c(c2)CCCN4CCC3)cc(C)[n+]1CCNC(=O)CCc1cn(CCCCC2CCN(CC(=O)N3c4ccccc4NC(=O)c4ccccc43)CC2)cn1.O=C(O)C(F)(F)F.O=C(O)C(F)(F)F.O=C([O-])C(F)(F)F. The minimum absolute atomic E-state index is 0.0261. The van der Waals surface area contributed by atoms with Crippen LogP contribution in [-0.2, 0) is 56.3 Å². The van der Waals surface area contributed by atoms with Crippen LogP contribution in [-0.4, -0.2) is 118 Å². The number of aromatic nitrogens is 3. The highest BCUT2D eigenvalue weighted by atomic mass is 19.4. The molecule has 2 aromatic heterocycles. The Bertz CT molecular complexity index is 3100. The summed E-state index contributed by atoms with van der Waals surface area (Å²) in [4.78, 5) is 77.4. The van der Waals surface area contributed by atoms with Crippen molar-refractivity contribution in [2.24, 2.45) is 5.92 Å². The average Bonchev–Trinajstić information content (AvgIpc) is 2.51. The third-order valence-electron chi connectivity index (χ3n) is 14.5. The van der Waals surface area contributed by atoms with Gasteiger partial charge in [-0.25, -0.2) is 14.6 Å². The molecule has 17 nitrogen and oxygen atoms in total. The molecule has 1 saturated heterocycles. The number of carbonyl (C=O) groups excluding carboxylic acids is 4. The molecule has 6 heterocycles. The predicted molar refractivity (Wildman–Crippen MR) is 293 cm³/mol. The maximum absolute atomic E-state index is 13.9. The van der Waals surface area contributed by atoms with Gasteiger partial charge in [-0.1, -0.05) is 49.3 Å². The number of amides is 3. The summed E-state index contributed by atoms with van der Waals surface area (Å²) in [6.45, 7) is 11.0. The van der Waals surface area contributed by atoms with Gasteiger partial charge in [0, 0.05) is 63.9 Å². The van der Waals surface area contributed by atoms with E-state index in [1.807, 2.05) is 48.8 Å². The topological polar surface area (TPSA) is 221 Å². The number of nitrogens with zero attached hydrogens (tertiary/aromatic N) is 6. The molecule has 9 rings (SSSR count). The quantitative estimate of drug-likeness (QED) is 0.0439. The van der Waals surface area contributed by atoms with Crippen molar-refractivity contribution in [2.75, 3.05) is 54.4 Å². The normalized spacial score (nSPS) is 15.0. The van der Waals surface area contributed by atoms with Gasteiger partial charge in [0.05, 0.1) is 47.7 Å². The number of imidazole rings is 1. The number of halogens is 9. The molecule has 0 saturated carbocycles. The largest absolute Gasteiger partial charge is 0.542 e. The van der Waals surface area contributed by atoms with Crippen molar-refractivity contribution in [2.45, 2.75) is 116 Å². The van der Waals surface area contributed by atoms with Crippen LogP contribution in [0.4, 0.5) is 62.3 Å². The minimum Gasteiger partial charge on any atom is -0.542 e. The maximum atomic E-state index is 13.9. The number of nitrogens with one attached hydrogen (secondary N) is 2. The zero-order chi connectivity index (χ0) is 62.2. The van der Waals surface area contributed by atoms with Gasteiger partial charge in [0.25, 0.3) is 5.91 Å². The molecule has 85 heavy (non-hydrogen) atoms.